The van der Waals surface area contributed by atoms with Gasteiger partial charge in [0.25, 0.3) is 0 Å². The van der Waals surface area contributed by atoms with E-state index in [9.17, 15) is 0 Å². The Balaban J connectivity index is 0. The molecule has 0 atom stereocenters. The van der Waals surface area contributed by atoms with E-state index in [4.69, 9.17) is 0 Å². The van der Waals surface area contributed by atoms with Crippen molar-refractivity contribution in [2.45, 2.75) is 0 Å². The van der Waals surface area contributed by atoms with Crippen LogP contribution >= 0.6 is 0 Å². The maximum atomic E-state index is 0. The third kappa shape index (κ3) is 18.3. The fraction of sp³-hybridized carbons (Fsp3) is 0. The molecule has 0 aromatic carbocycles. The van der Waals surface area contributed by atoms with Gasteiger partial charge in [-0.2, -0.15) is 0 Å². The van der Waals surface area contributed by atoms with Crippen molar-refractivity contribution < 1.29 is 89.0 Å². The molecule has 0 aliphatic heterocycles. The summed E-state index contributed by atoms with van der Waals surface area (Å²) in [7, 11) is 0. The van der Waals surface area contributed by atoms with Crippen LogP contribution in [0.2, 0.25) is 0 Å². The van der Waals surface area contributed by atoms with Gasteiger partial charge >= 0.3 is 111 Å². The number of rotatable bonds is 0. The molecule has 5 heavy (non-hydrogen) atoms. The molecule has 0 N–H and O–H groups in total. The minimum atomic E-state index is 0. The van der Waals surface area contributed by atoms with Crippen LogP contribution in [0, 0.1) is 35.6 Å². The molecule has 1 nitrogen and oxygen atoms in total. The van der Waals surface area contributed by atoms with Gasteiger partial charge in [0, 0.05) is 0 Å². The quantitative estimate of drug-likeness (QED) is 0.401. The second-order valence-corrected chi connectivity index (χ2v) is 0. The van der Waals surface area contributed by atoms with Crippen LogP contribution in [0.5, 0.6) is 0 Å². The Morgan fingerprint density at radius 3 is 1.00 bits per heavy atom. The van der Waals surface area contributed by atoms with E-state index >= 15 is 0 Å². The van der Waals surface area contributed by atoms with Crippen LogP contribution in [0.3, 0.4) is 0 Å². The zero-order valence-corrected chi connectivity index (χ0v) is 14.0. The van der Waals surface area contributed by atoms with Crippen molar-refractivity contribution in [3.8, 4) is 0 Å². The van der Waals surface area contributed by atoms with Crippen molar-refractivity contribution in [1.82, 2.24) is 0 Å². The predicted molar refractivity (Wildman–Crippen MR) is 6.44 cm³/mol. The van der Waals surface area contributed by atoms with Gasteiger partial charge in [-0.05, 0) is 0 Å². The van der Waals surface area contributed by atoms with Gasteiger partial charge in [0.2, 0.25) is 0 Å². The first-order valence-corrected chi connectivity index (χ1v) is 0. The molecular weight excluding hydrogens is 501 g/mol. The van der Waals surface area contributed by atoms with Crippen LogP contribution in [-0.2, 0) is 53.4 Å². The average molecular weight is 501 g/mol. The first-order valence-electron chi connectivity index (χ1n) is 0. The van der Waals surface area contributed by atoms with E-state index in [1.54, 1.807) is 0 Å². The Kier molecular flexibility index (Phi) is 192. The summed E-state index contributed by atoms with van der Waals surface area (Å²) in [6.07, 6.45) is 0. The third-order valence-electron chi connectivity index (χ3n) is 0. The van der Waals surface area contributed by atoms with Gasteiger partial charge in [0.05, 0.1) is 0 Å². The van der Waals surface area contributed by atoms with Crippen LogP contribution in [0.25, 0.3) is 0 Å². The number of hydrogen-bond donors (Lipinski definition) is 0. The fourth-order valence-electron chi connectivity index (χ4n) is 0. The van der Waals surface area contributed by atoms with Gasteiger partial charge < -0.3 is 5.48 Å². The number of hydrogen-bond acceptors (Lipinski definition) is 0. The Hall–Kier alpha value is 3.67. The Morgan fingerprint density at radius 2 is 1.00 bits per heavy atom. The monoisotopic (exact) mass is 501 g/mol. The average Bonchev–Trinajstić information content (AvgIpc) is 0. The van der Waals surface area contributed by atoms with E-state index in [1.165, 1.54) is 0 Å². The largest absolute Gasteiger partial charge is 4.00 e. The molecule has 5 heteroatoms. The van der Waals surface area contributed by atoms with Crippen LogP contribution in [0.15, 0.2) is 0 Å². The SMILES string of the molecule is [La+3].[O-2].[Pb+2].[Ti+4].[Zr+4]. The summed E-state index contributed by atoms with van der Waals surface area (Å²) in [5, 5.41) is 0. The summed E-state index contributed by atoms with van der Waals surface area (Å²) in [5.74, 6) is 0. The molecule has 0 rings (SSSR count). The van der Waals surface area contributed by atoms with Crippen LogP contribution in [-0.4, -0.2) is 27.3 Å². The molecule has 0 aromatic rings. The van der Waals surface area contributed by atoms with E-state index in [0.717, 1.165) is 0 Å². The van der Waals surface area contributed by atoms with E-state index in [0.29, 0.717) is 0 Å². The minimum absolute atomic E-state index is 0. The normalized spacial score (nSPS) is 0. The molecule has 0 saturated carbocycles. The van der Waals surface area contributed by atoms with Crippen molar-refractivity contribution in [3.05, 3.63) is 0 Å². The molecular formula is LaOPbTiZr+11. The van der Waals surface area contributed by atoms with Crippen molar-refractivity contribution in [3.63, 3.8) is 0 Å². The fourth-order valence-corrected chi connectivity index (χ4v) is 0. The van der Waals surface area contributed by atoms with E-state index in [1.807, 2.05) is 0 Å². The van der Waals surface area contributed by atoms with Gasteiger partial charge in [-0.3, -0.25) is 0 Å². The summed E-state index contributed by atoms with van der Waals surface area (Å²) < 4.78 is 0. The molecule has 0 aliphatic carbocycles. The molecule has 0 unspecified atom stereocenters. The second-order valence-electron chi connectivity index (χ2n) is 0. The van der Waals surface area contributed by atoms with Crippen molar-refractivity contribution >= 4 is 27.3 Å². The topological polar surface area (TPSA) is 28.5 Å². The Bertz CT molecular complexity index is 11.6. The van der Waals surface area contributed by atoms with Crippen LogP contribution in [0.4, 0.5) is 0 Å². The summed E-state index contributed by atoms with van der Waals surface area (Å²) in [6, 6.07) is 0. The van der Waals surface area contributed by atoms with Crippen molar-refractivity contribution in [2.24, 2.45) is 0 Å². The maximum Gasteiger partial charge on any atom is 4.00 e. The van der Waals surface area contributed by atoms with Crippen molar-refractivity contribution in [1.29, 1.82) is 0 Å². The van der Waals surface area contributed by atoms with Gasteiger partial charge in [0.15, 0.2) is 0 Å². The summed E-state index contributed by atoms with van der Waals surface area (Å²) >= 11 is 0. The Morgan fingerprint density at radius 1 is 1.00 bits per heavy atom. The van der Waals surface area contributed by atoms with Gasteiger partial charge in [-0.25, -0.2) is 0 Å². The summed E-state index contributed by atoms with van der Waals surface area (Å²) in [5.41, 5.74) is 0. The molecule has 0 bridgehead atoms. The van der Waals surface area contributed by atoms with Crippen LogP contribution in [0.1, 0.15) is 0 Å². The molecule has 0 amide bonds. The molecule has 0 heterocycles. The van der Waals surface area contributed by atoms with Gasteiger partial charge in [-0.15, -0.1) is 0 Å². The Labute approximate surface area is 113 Å². The smallest absolute Gasteiger partial charge is 2.00 e. The zero-order valence-electron chi connectivity index (χ0n) is 2.49. The molecule has 0 aromatic heterocycles. The van der Waals surface area contributed by atoms with Crippen LogP contribution < -0.4 is 0 Å². The zero-order chi connectivity index (χ0) is 0. The minimum Gasteiger partial charge on any atom is -2.00 e. The van der Waals surface area contributed by atoms with Gasteiger partial charge in [-0.1, -0.05) is 0 Å². The van der Waals surface area contributed by atoms with E-state index in [-0.39, 0.29) is 116 Å². The molecule has 0 spiro atoms. The maximum absolute atomic E-state index is 0. The summed E-state index contributed by atoms with van der Waals surface area (Å²) in [4.78, 5) is 0. The second kappa shape index (κ2) is 25.3. The van der Waals surface area contributed by atoms with Gasteiger partial charge in [0.1, 0.15) is 0 Å². The third-order valence-corrected chi connectivity index (χ3v) is 0. The van der Waals surface area contributed by atoms with E-state index < -0.39 is 0 Å². The first-order chi connectivity index (χ1) is 0. The van der Waals surface area contributed by atoms with Crippen molar-refractivity contribution in [2.75, 3.05) is 0 Å². The molecule has 0 aliphatic rings. The molecule has 10 valence electrons. The first kappa shape index (κ1) is 37.8. The standard InChI is InChI=1S/La.O.Pb.Ti.Zr/q+3;-2;+2;2*+4. The summed E-state index contributed by atoms with van der Waals surface area (Å²) in [6.45, 7) is 0. The molecule has 2 radical (unpaired) electrons. The van der Waals surface area contributed by atoms with E-state index in [2.05, 4.69) is 0 Å². The predicted octanol–water partition coefficient (Wildman–Crippen LogP) is -0.505. The molecule has 0 fully saturated rings. The molecule has 0 saturated heterocycles.